The van der Waals surface area contributed by atoms with Crippen LogP contribution in [0.5, 0.6) is 0 Å². The summed E-state index contributed by atoms with van der Waals surface area (Å²) < 4.78 is 83.5. The average molecular weight is 510 g/mol. The highest BCUT2D eigenvalue weighted by molar-refractivity contribution is 6.21. The SMILES string of the molecule is CC1(C)CC(=O)C2=C(C1)N(c1ccc(C(F)(F)F)cc1)C(=O)[C@]2(NC(=O)c1ccccc1)C(F)(F)F. The summed E-state index contributed by atoms with van der Waals surface area (Å²) >= 11 is 0. The lowest BCUT2D eigenvalue weighted by Crippen LogP contribution is -2.66. The van der Waals surface area contributed by atoms with E-state index in [1.54, 1.807) is 19.2 Å². The van der Waals surface area contributed by atoms with E-state index in [-0.39, 0.29) is 29.8 Å². The van der Waals surface area contributed by atoms with Crippen LogP contribution in [0.4, 0.5) is 32.0 Å². The Kier molecular flexibility index (Phi) is 5.81. The molecule has 4 rings (SSSR count). The lowest BCUT2D eigenvalue weighted by molar-refractivity contribution is -0.186. The van der Waals surface area contributed by atoms with Crippen LogP contribution < -0.4 is 10.2 Å². The molecule has 0 bridgehead atoms. The standard InChI is InChI=1S/C25H20F6N2O3/c1-22(2)12-17-19(18(34)13-22)23(25(29,30)31,32-20(35)14-6-4-3-5-7-14)21(36)33(17)16-10-8-15(9-11-16)24(26,27)28/h3-11H,12-13H2,1-2H3,(H,32,35)/t23-/m0/s1. The number of hydrogen-bond acceptors (Lipinski definition) is 3. The second kappa shape index (κ2) is 8.21. The van der Waals surface area contributed by atoms with E-state index in [1.807, 2.05) is 0 Å². The first kappa shape index (κ1) is 25.5. The number of carbonyl (C=O) groups excluding carboxylic acids is 3. The molecule has 0 saturated carbocycles. The minimum Gasteiger partial charge on any atom is -0.326 e. The largest absolute Gasteiger partial charge is 0.425 e. The van der Waals surface area contributed by atoms with Gasteiger partial charge < -0.3 is 5.32 Å². The number of amides is 2. The Hall–Kier alpha value is -3.63. The summed E-state index contributed by atoms with van der Waals surface area (Å²) in [6.07, 6.45) is -10.6. The third-order valence-electron chi connectivity index (χ3n) is 6.24. The first-order valence-electron chi connectivity index (χ1n) is 10.8. The monoisotopic (exact) mass is 510 g/mol. The Balaban J connectivity index is 1.92. The van der Waals surface area contributed by atoms with Gasteiger partial charge in [0.05, 0.1) is 11.1 Å². The number of halogens is 6. The first-order chi connectivity index (χ1) is 16.6. The first-order valence-corrected chi connectivity index (χ1v) is 10.8. The molecule has 1 atom stereocenters. The van der Waals surface area contributed by atoms with Gasteiger partial charge in [0.1, 0.15) is 0 Å². The maximum atomic E-state index is 14.8. The van der Waals surface area contributed by atoms with Crippen molar-refractivity contribution in [1.29, 1.82) is 0 Å². The van der Waals surface area contributed by atoms with Crippen LogP contribution in [0.1, 0.15) is 42.6 Å². The Morgan fingerprint density at radius 3 is 2.00 bits per heavy atom. The highest BCUT2D eigenvalue weighted by Gasteiger charge is 2.72. The van der Waals surface area contributed by atoms with Crippen molar-refractivity contribution in [3.05, 3.63) is 77.0 Å². The fraction of sp³-hybridized carbons (Fsp3) is 0.320. The van der Waals surface area contributed by atoms with Gasteiger partial charge in [-0.25, -0.2) is 0 Å². The van der Waals surface area contributed by atoms with Gasteiger partial charge in [0.15, 0.2) is 5.78 Å². The van der Waals surface area contributed by atoms with E-state index in [2.05, 4.69) is 0 Å². The molecule has 0 spiro atoms. The van der Waals surface area contributed by atoms with E-state index < -0.39 is 52.0 Å². The Bertz CT molecular complexity index is 1260. The Morgan fingerprint density at radius 1 is 0.889 bits per heavy atom. The zero-order chi connectivity index (χ0) is 26.7. The molecule has 36 heavy (non-hydrogen) atoms. The molecule has 1 N–H and O–H groups in total. The molecule has 2 aromatic rings. The number of benzene rings is 2. The molecule has 0 unspecified atom stereocenters. The van der Waals surface area contributed by atoms with E-state index in [9.17, 15) is 40.7 Å². The normalized spacial score (nSPS) is 22.1. The average Bonchev–Trinajstić information content (AvgIpc) is 3.01. The number of allylic oxidation sites excluding steroid dienone is 1. The van der Waals surface area contributed by atoms with Crippen LogP contribution in [-0.2, 0) is 15.8 Å². The lowest BCUT2D eigenvalue weighted by Gasteiger charge is -2.35. The van der Waals surface area contributed by atoms with Crippen molar-refractivity contribution < 1.29 is 40.7 Å². The smallest absolute Gasteiger partial charge is 0.326 e. The molecule has 1 aliphatic heterocycles. The predicted molar refractivity (Wildman–Crippen MR) is 117 cm³/mol. The van der Waals surface area contributed by atoms with Gasteiger partial charge in [-0.2, -0.15) is 26.3 Å². The third kappa shape index (κ3) is 4.06. The minimum absolute atomic E-state index is 0.153. The zero-order valence-electron chi connectivity index (χ0n) is 19.1. The van der Waals surface area contributed by atoms with Gasteiger partial charge in [0.2, 0.25) is 5.54 Å². The molecule has 0 fully saturated rings. The van der Waals surface area contributed by atoms with Gasteiger partial charge in [0, 0.05) is 23.4 Å². The van der Waals surface area contributed by atoms with Crippen molar-refractivity contribution in [3.8, 4) is 0 Å². The molecule has 2 amide bonds. The van der Waals surface area contributed by atoms with Crippen LogP contribution in [0.15, 0.2) is 65.9 Å². The highest BCUT2D eigenvalue weighted by Crippen LogP contribution is 2.53. The molecule has 190 valence electrons. The number of ketones is 1. The van der Waals surface area contributed by atoms with Crippen molar-refractivity contribution in [3.63, 3.8) is 0 Å². The van der Waals surface area contributed by atoms with E-state index >= 15 is 0 Å². The van der Waals surface area contributed by atoms with E-state index in [1.165, 1.54) is 30.3 Å². The molecule has 0 aromatic heterocycles. The molecule has 11 heteroatoms. The summed E-state index contributed by atoms with van der Waals surface area (Å²) in [5.74, 6) is -3.90. The third-order valence-corrected chi connectivity index (χ3v) is 6.24. The summed E-state index contributed by atoms with van der Waals surface area (Å²) in [5, 5.41) is 1.78. The molecule has 1 heterocycles. The predicted octanol–water partition coefficient (Wildman–Crippen LogP) is 5.43. The maximum Gasteiger partial charge on any atom is 0.425 e. The number of nitrogens with zero attached hydrogens (tertiary/aromatic N) is 1. The summed E-state index contributed by atoms with van der Waals surface area (Å²) in [6, 6.07) is 9.85. The number of nitrogens with one attached hydrogen (secondary N) is 1. The van der Waals surface area contributed by atoms with E-state index in [4.69, 9.17) is 0 Å². The number of Topliss-reactive ketones (excluding diaryl/α,β-unsaturated/α-hetero) is 1. The fourth-order valence-electron chi connectivity index (χ4n) is 4.66. The quantitative estimate of drug-likeness (QED) is 0.561. The van der Waals surface area contributed by atoms with Crippen LogP contribution in [0, 0.1) is 5.41 Å². The van der Waals surface area contributed by atoms with Gasteiger partial charge in [-0.3, -0.25) is 19.3 Å². The number of carbonyl (C=O) groups is 3. The van der Waals surface area contributed by atoms with Crippen LogP contribution in [-0.4, -0.2) is 29.3 Å². The Morgan fingerprint density at radius 2 is 1.47 bits per heavy atom. The van der Waals surface area contributed by atoms with Crippen molar-refractivity contribution in [2.45, 2.75) is 44.6 Å². The minimum atomic E-state index is -5.44. The van der Waals surface area contributed by atoms with Crippen molar-refractivity contribution >= 4 is 23.3 Å². The van der Waals surface area contributed by atoms with Crippen molar-refractivity contribution in [2.24, 2.45) is 5.41 Å². The molecular formula is C25H20F6N2O3. The highest BCUT2D eigenvalue weighted by atomic mass is 19.4. The second-order valence-electron chi connectivity index (χ2n) is 9.52. The van der Waals surface area contributed by atoms with Gasteiger partial charge in [-0.1, -0.05) is 32.0 Å². The summed E-state index contributed by atoms with van der Waals surface area (Å²) in [4.78, 5) is 40.2. The van der Waals surface area contributed by atoms with Crippen LogP contribution >= 0.6 is 0 Å². The topological polar surface area (TPSA) is 66.5 Å². The molecule has 1 aliphatic carbocycles. The van der Waals surface area contributed by atoms with Gasteiger partial charge in [-0.05, 0) is 48.2 Å². The Labute approximate surface area is 201 Å². The molecular weight excluding hydrogens is 490 g/mol. The van der Waals surface area contributed by atoms with E-state index in [0.717, 1.165) is 12.1 Å². The number of alkyl halides is 6. The number of hydrogen-bond donors (Lipinski definition) is 1. The summed E-state index contributed by atoms with van der Waals surface area (Å²) in [6.45, 7) is 3.25. The number of rotatable bonds is 3. The van der Waals surface area contributed by atoms with Crippen molar-refractivity contribution in [1.82, 2.24) is 5.32 Å². The van der Waals surface area contributed by atoms with Crippen LogP contribution in [0.3, 0.4) is 0 Å². The molecule has 2 aromatic carbocycles. The molecule has 2 aliphatic rings. The van der Waals surface area contributed by atoms with Crippen LogP contribution in [0.2, 0.25) is 0 Å². The summed E-state index contributed by atoms with van der Waals surface area (Å²) in [7, 11) is 0. The van der Waals surface area contributed by atoms with Gasteiger partial charge in [-0.15, -0.1) is 0 Å². The van der Waals surface area contributed by atoms with Gasteiger partial charge in [0.25, 0.3) is 11.8 Å². The molecule has 0 saturated heterocycles. The second-order valence-corrected chi connectivity index (χ2v) is 9.52. The van der Waals surface area contributed by atoms with E-state index in [0.29, 0.717) is 17.0 Å². The van der Waals surface area contributed by atoms with Crippen LogP contribution in [0.25, 0.3) is 0 Å². The van der Waals surface area contributed by atoms with Gasteiger partial charge >= 0.3 is 12.4 Å². The summed E-state index contributed by atoms with van der Waals surface area (Å²) in [5.41, 5.74) is -7.28. The van der Waals surface area contributed by atoms with Crippen molar-refractivity contribution in [2.75, 3.05) is 4.90 Å². The molecule has 0 radical (unpaired) electrons. The fourth-order valence-corrected chi connectivity index (χ4v) is 4.66. The molecule has 5 nitrogen and oxygen atoms in total. The lowest BCUT2D eigenvalue weighted by atomic mass is 9.72. The zero-order valence-corrected chi connectivity index (χ0v) is 19.1. The number of anilines is 1. The maximum absolute atomic E-state index is 14.8.